The molecule has 2 rings (SSSR count). The molecular weight excluding hydrogens is 588 g/mol. The largest absolute Gasteiger partial charge is 0.378 e. The van der Waals surface area contributed by atoms with Crippen molar-refractivity contribution in [3.63, 3.8) is 0 Å². The fourth-order valence-electron chi connectivity index (χ4n) is 4.30. The third-order valence-electron chi connectivity index (χ3n) is 7.54. The third-order valence-corrected chi connectivity index (χ3v) is 7.54. The van der Waals surface area contributed by atoms with Crippen LogP contribution in [0, 0.1) is 17.8 Å². The van der Waals surface area contributed by atoms with E-state index in [1.807, 2.05) is 41.5 Å². The number of carbonyl (C=O) groups is 5. The van der Waals surface area contributed by atoms with Crippen molar-refractivity contribution < 1.29 is 38.2 Å². The lowest BCUT2D eigenvalue weighted by atomic mass is 10.0. The molecule has 0 bridgehead atoms. The number of pyridine rings is 1. The van der Waals surface area contributed by atoms with Crippen LogP contribution in [0.3, 0.4) is 0 Å². The van der Waals surface area contributed by atoms with E-state index in [1.165, 1.54) is 13.1 Å². The Bertz CT molecular complexity index is 1230. The number of Topliss-reactive ketones (excluding diaryl/α,β-unsaturated/α-hetero) is 4. The maximum atomic E-state index is 13.6. The van der Waals surface area contributed by atoms with Gasteiger partial charge in [-0.2, -0.15) is 0 Å². The van der Waals surface area contributed by atoms with Gasteiger partial charge < -0.3 is 19.5 Å². The molecule has 1 N–H and O–H groups in total. The van der Waals surface area contributed by atoms with Crippen LogP contribution >= 0.6 is 0 Å². The van der Waals surface area contributed by atoms with E-state index in [0.29, 0.717) is 16.8 Å². The van der Waals surface area contributed by atoms with Gasteiger partial charge in [0.25, 0.3) is 5.91 Å². The lowest BCUT2D eigenvalue weighted by Gasteiger charge is -2.34. The molecule has 0 radical (unpaired) electrons. The molecule has 10 nitrogen and oxygen atoms in total. The Hall–Kier alpha value is -3.60. The van der Waals surface area contributed by atoms with Crippen LogP contribution in [0.1, 0.15) is 88.4 Å². The summed E-state index contributed by atoms with van der Waals surface area (Å²) >= 11 is 0. The van der Waals surface area contributed by atoms with E-state index in [9.17, 15) is 24.0 Å². The second kappa shape index (κ2) is 19.2. The van der Waals surface area contributed by atoms with Crippen molar-refractivity contribution in [1.29, 1.82) is 0 Å². The molecule has 10 heteroatoms. The van der Waals surface area contributed by atoms with Crippen LogP contribution in [-0.2, 0) is 28.6 Å². The minimum absolute atomic E-state index is 0.0229. The second-order valence-electron chi connectivity index (χ2n) is 12.6. The monoisotopic (exact) mass is 638 g/mol. The molecule has 1 aromatic heterocycles. The van der Waals surface area contributed by atoms with Crippen molar-refractivity contribution in [2.45, 2.75) is 73.3 Å². The molecule has 46 heavy (non-hydrogen) atoms. The van der Waals surface area contributed by atoms with Gasteiger partial charge in [0.15, 0.2) is 5.78 Å². The van der Waals surface area contributed by atoms with E-state index in [0.717, 1.165) is 5.56 Å². The quantitative estimate of drug-likeness (QED) is 0.134. The van der Waals surface area contributed by atoms with Crippen LogP contribution in [0.15, 0.2) is 42.6 Å². The molecule has 0 saturated heterocycles. The van der Waals surface area contributed by atoms with E-state index in [4.69, 9.17) is 14.2 Å². The topological polar surface area (TPSA) is 138 Å². The smallest absolute Gasteiger partial charge is 0.251 e. The summed E-state index contributed by atoms with van der Waals surface area (Å²) in [6.45, 7) is 12.8. The molecule has 0 saturated carbocycles. The molecule has 252 valence electrons. The number of nitrogens with zero attached hydrogens (tertiary/aromatic N) is 1. The molecule has 0 atom stereocenters. The number of hydrogen-bond acceptors (Lipinski definition) is 9. The highest BCUT2D eigenvalue weighted by atomic mass is 16.5. The van der Waals surface area contributed by atoms with E-state index in [2.05, 4.69) is 10.3 Å². The van der Waals surface area contributed by atoms with Crippen molar-refractivity contribution in [2.75, 3.05) is 39.6 Å². The fraction of sp³-hybridized carbons (Fsp3) is 0.556. The Labute approximate surface area is 273 Å². The molecule has 0 aliphatic rings. The predicted molar refractivity (Wildman–Crippen MR) is 176 cm³/mol. The zero-order valence-electron chi connectivity index (χ0n) is 28.4. The van der Waals surface area contributed by atoms with Crippen LogP contribution in [0.25, 0.3) is 11.3 Å². The number of benzene rings is 1. The normalized spacial score (nSPS) is 11.7. The Morgan fingerprint density at radius 1 is 0.652 bits per heavy atom. The zero-order valence-corrected chi connectivity index (χ0v) is 28.4. The van der Waals surface area contributed by atoms with Gasteiger partial charge in [-0.3, -0.25) is 29.0 Å². The van der Waals surface area contributed by atoms with Crippen molar-refractivity contribution in [3.8, 4) is 11.3 Å². The maximum absolute atomic E-state index is 13.6. The fourth-order valence-corrected chi connectivity index (χ4v) is 4.30. The Balaban J connectivity index is 2.27. The first kappa shape index (κ1) is 38.6. The number of rotatable bonds is 22. The second-order valence-corrected chi connectivity index (χ2v) is 12.6. The average molecular weight is 639 g/mol. The number of aromatic nitrogens is 1. The summed E-state index contributed by atoms with van der Waals surface area (Å²) in [7, 11) is 0. The highest BCUT2D eigenvalue weighted by Gasteiger charge is 2.34. The van der Waals surface area contributed by atoms with Gasteiger partial charge in [-0.25, -0.2) is 0 Å². The van der Waals surface area contributed by atoms with Crippen molar-refractivity contribution in [2.24, 2.45) is 17.8 Å². The first-order valence-corrected chi connectivity index (χ1v) is 16.0. The van der Waals surface area contributed by atoms with E-state index < -0.39 is 11.4 Å². The summed E-state index contributed by atoms with van der Waals surface area (Å²) in [6.07, 6.45) is 2.18. The number of hydrogen-bond donors (Lipinski definition) is 1. The van der Waals surface area contributed by atoms with Crippen LogP contribution < -0.4 is 5.32 Å². The van der Waals surface area contributed by atoms with Gasteiger partial charge in [-0.15, -0.1) is 0 Å². The number of carbonyl (C=O) groups excluding carboxylic acids is 5. The van der Waals surface area contributed by atoms with Gasteiger partial charge in [0.05, 0.1) is 45.3 Å². The van der Waals surface area contributed by atoms with Gasteiger partial charge in [0, 0.05) is 59.9 Å². The van der Waals surface area contributed by atoms with Gasteiger partial charge in [0.2, 0.25) is 0 Å². The minimum atomic E-state index is -1.18. The molecule has 1 heterocycles. The van der Waals surface area contributed by atoms with Crippen molar-refractivity contribution >= 4 is 29.0 Å². The van der Waals surface area contributed by atoms with Gasteiger partial charge in [-0.05, 0) is 31.2 Å². The standard InChI is InChI=1S/C36H50N2O8/c1-24(2)32(40)14-17-44-21-36(22-45-18-15-33(41)25(3)4,23-46-19-16-34(42)26(5)6)38-35(43)29-10-8-28(9-11-29)31-13-12-30(20-37-31)27(7)39/h8-13,20,24-26H,14-19,21-23H2,1-7H3,(H,38,43). The lowest BCUT2D eigenvalue weighted by Crippen LogP contribution is -2.58. The highest BCUT2D eigenvalue weighted by Crippen LogP contribution is 2.19. The average Bonchev–Trinajstić information content (AvgIpc) is 3.02. The predicted octanol–water partition coefficient (Wildman–Crippen LogP) is 5.32. The molecule has 2 aromatic rings. The number of nitrogens with one attached hydrogen (secondary N) is 1. The summed E-state index contributed by atoms with van der Waals surface area (Å²) in [5.41, 5.74) is 1.13. The molecule has 0 aliphatic carbocycles. The Kier molecular flexibility index (Phi) is 16.1. The third kappa shape index (κ3) is 13.0. The zero-order chi connectivity index (χ0) is 34.3. The molecule has 0 spiro atoms. The molecule has 0 unspecified atom stereocenters. The first-order valence-electron chi connectivity index (χ1n) is 16.0. The SMILES string of the molecule is CC(=O)c1ccc(-c2ccc(C(=O)NC(COCCC(=O)C(C)C)(COCCC(=O)C(C)C)COCCC(=O)C(C)C)cc2)nc1. The first-order chi connectivity index (χ1) is 21.7. The van der Waals surface area contributed by atoms with E-state index in [1.54, 1.807) is 36.4 Å². The van der Waals surface area contributed by atoms with Crippen molar-refractivity contribution in [1.82, 2.24) is 10.3 Å². The summed E-state index contributed by atoms with van der Waals surface area (Å²) in [5, 5.41) is 3.04. The molecule has 0 fully saturated rings. The van der Waals surface area contributed by atoms with Crippen LogP contribution in [-0.4, -0.2) is 79.2 Å². The van der Waals surface area contributed by atoms with Crippen LogP contribution in [0.4, 0.5) is 0 Å². The number of ether oxygens (including phenoxy) is 3. The maximum Gasteiger partial charge on any atom is 0.251 e. The van der Waals surface area contributed by atoms with Gasteiger partial charge in [0.1, 0.15) is 22.9 Å². The lowest BCUT2D eigenvalue weighted by molar-refractivity contribution is -0.123. The highest BCUT2D eigenvalue weighted by molar-refractivity contribution is 5.95. The van der Waals surface area contributed by atoms with Gasteiger partial charge >= 0.3 is 0 Å². The Morgan fingerprint density at radius 3 is 1.41 bits per heavy atom. The van der Waals surface area contributed by atoms with Crippen LogP contribution in [0.2, 0.25) is 0 Å². The summed E-state index contributed by atoms with van der Waals surface area (Å²) in [5.74, 6) is -0.662. The van der Waals surface area contributed by atoms with Crippen molar-refractivity contribution in [3.05, 3.63) is 53.7 Å². The summed E-state index contributed by atoms with van der Waals surface area (Å²) in [4.78, 5) is 66.1. The molecule has 1 aromatic carbocycles. The van der Waals surface area contributed by atoms with E-state index in [-0.39, 0.29) is 99.8 Å². The molecule has 0 aliphatic heterocycles. The van der Waals surface area contributed by atoms with Gasteiger partial charge in [-0.1, -0.05) is 53.7 Å². The van der Waals surface area contributed by atoms with Crippen LogP contribution in [0.5, 0.6) is 0 Å². The minimum Gasteiger partial charge on any atom is -0.378 e. The molecular formula is C36H50N2O8. The summed E-state index contributed by atoms with van der Waals surface area (Å²) in [6, 6.07) is 10.3. The Morgan fingerprint density at radius 2 is 1.07 bits per heavy atom. The number of ketones is 4. The number of amides is 1. The van der Waals surface area contributed by atoms with E-state index >= 15 is 0 Å². The summed E-state index contributed by atoms with van der Waals surface area (Å²) < 4.78 is 17.8. The molecule has 1 amide bonds.